The standard InChI is InChI=1S/C11H14BrN3O2S/c1-6(2)16-5-7(13)10-14-11(17-15-10)8-3-4-9(12)18-8/h3-4,6-7H,5,13H2,1-2H3. The van der Waals surface area contributed by atoms with Gasteiger partial charge in [0.25, 0.3) is 5.89 Å². The zero-order chi connectivity index (χ0) is 13.1. The van der Waals surface area contributed by atoms with E-state index >= 15 is 0 Å². The Morgan fingerprint density at radius 1 is 1.50 bits per heavy atom. The fourth-order valence-electron chi connectivity index (χ4n) is 1.29. The van der Waals surface area contributed by atoms with Crippen LogP contribution >= 0.6 is 27.3 Å². The van der Waals surface area contributed by atoms with Crippen LogP contribution in [0.1, 0.15) is 25.7 Å². The predicted octanol–water partition coefficient (Wildman–Crippen LogP) is 2.99. The number of hydrogen-bond acceptors (Lipinski definition) is 6. The average Bonchev–Trinajstić information content (AvgIpc) is 2.93. The lowest BCUT2D eigenvalue weighted by atomic mass is 10.3. The number of nitrogens with zero attached hydrogens (tertiary/aromatic N) is 2. The molecule has 0 fully saturated rings. The molecular weight excluding hydrogens is 318 g/mol. The molecule has 0 aliphatic rings. The fourth-order valence-corrected chi connectivity index (χ4v) is 2.59. The molecule has 1 atom stereocenters. The minimum atomic E-state index is -0.367. The average molecular weight is 332 g/mol. The second-order valence-corrected chi connectivity index (χ2v) is 6.51. The fraction of sp³-hybridized carbons (Fsp3) is 0.455. The minimum absolute atomic E-state index is 0.135. The highest BCUT2D eigenvalue weighted by Crippen LogP contribution is 2.30. The van der Waals surface area contributed by atoms with Crippen molar-refractivity contribution in [1.82, 2.24) is 10.1 Å². The molecule has 0 aromatic carbocycles. The number of aromatic nitrogens is 2. The van der Waals surface area contributed by atoms with Crippen LogP contribution in [0.4, 0.5) is 0 Å². The van der Waals surface area contributed by atoms with Crippen molar-refractivity contribution in [3.63, 3.8) is 0 Å². The SMILES string of the molecule is CC(C)OCC(N)c1noc(-c2ccc(Br)s2)n1. The summed E-state index contributed by atoms with van der Waals surface area (Å²) < 4.78 is 11.6. The van der Waals surface area contributed by atoms with E-state index in [1.807, 2.05) is 26.0 Å². The Morgan fingerprint density at radius 3 is 2.89 bits per heavy atom. The van der Waals surface area contributed by atoms with E-state index in [9.17, 15) is 0 Å². The number of nitrogens with two attached hydrogens (primary N) is 1. The van der Waals surface area contributed by atoms with Crippen molar-refractivity contribution >= 4 is 27.3 Å². The molecule has 0 amide bonds. The van der Waals surface area contributed by atoms with Crippen molar-refractivity contribution in [2.45, 2.75) is 26.0 Å². The van der Waals surface area contributed by atoms with Gasteiger partial charge in [-0.1, -0.05) is 5.16 Å². The normalized spacial score (nSPS) is 13.2. The van der Waals surface area contributed by atoms with E-state index in [-0.39, 0.29) is 12.1 Å². The summed E-state index contributed by atoms with van der Waals surface area (Å²) in [5, 5.41) is 3.88. The first kappa shape index (κ1) is 13.7. The third-order valence-corrected chi connectivity index (χ3v) is 3.78. The molecule has 0 saturated heterocycles. The molecule has 2 N–H and O–H groups in total. The van der Waals surface area contributed by atoms with E-state index in [0.29, 0.717) is 18.3 Å². The molecule has 0 saturated carbocycles. The molecule has 1 unspecified atom stereocenters. The zero-order valence-electron chi connectivity index (χ0n) is 10.1. The maximum Gasteiger partial charge on any atom is 0.268 e. The van der Waals surface area contributed by atoms with E-state index in [1.165, 1.54) is 11.3 Å². The van der Waals surface area contributed by atoms with Crippen LogP contribution in [0.15, 0.2) is 20.4 Å². The van der Waals surface area contributed by atoms with E-state index in [2.05, 4.69) is 26.1 Å². The molecule has 2 aromatic heterocycles. The van der Waals surface area contributed by atoms with E-state index < -0.39 is 0 Å². The van der Waals surface area contributed by atoms with Crippen molar-refractivity contribution in [3.8, 4) is 10.8 Å². The lowest BCUT2D eigenvalue weighted by molar-refractivity contribution is 0.0665. The largest absolute Gasteiger partial charge is 0.377 e. The zero-order valence-corrected chi connectivity index (χ0v) is 12.5. The van der Waals surface area contributed by atoms with Gasteiger partial charge in [-0.2, -0.15) is 4.98 Å². The van der Waals surface area contributed by atoms with Gasteiger partial charge in [-0.05, 0) is 41.9 Å². The Morgan fingerprint density at radius 2 is 2.28 bits per heavy atom. The van der Waals surface area contributed by atoms with Crippen LogP contribution < -0.4 is 5.73 Å². The van der Waals surface area contributed by atoms with Crippen molar-refractivity contribution in [2.75, 3.05) is 6.61 Å². The van der Waals surface area contributed by atoms with Crippen LogP contribution in [0.3, 0.4) is 0 Å². The highest BCUT2D eigenvalue weighted by atomic mass is 79.9. The van der Waals surface area contributed by atoms with E-state index in [4.69, 9.17) is 15.0 Å². The predicted molar refractivity (Wildman–Crippen MR) is 73.3 cm³/mol. The Balaban J connectivity index is 2.06. The van der Waals surface area contributed by atoms with Crippen molar-refractivity contribution in [1.29, 1.82) is 0 Å². The summed E-state index contributed by atoms with van der Waals surface area (Å²) in [5.74, 6) is 0.955. The second kappa shape index (κ2) is 5.92. The van der Waals surface area contributed by atoms with Gasteiger partial charge in [-0.3, -0.25) is 0 Å². The van der Waals surface area contributed by atoms with Crippen molar-refractivity contribution < 1.29 is 9.26 Å². The summed E-state index contributed by atoms with van der Waals surface area (Å²) in [6, 6.07) is 3.49. The topological polar surface area (TPSA) is 74.2 Å². The third-order valence-electron chi connectivity index (χ3n) is 2.17. The van der Waals surface area contributed by atoms with Crippen LogP contribution in [0, 0.1) is 0 Å². The van der Waals surface area contributed by atoms with Gasteiger partial charge in [0, 0.05) is 0 Å². The first-order valence-electron chi connectivity index (χ1n) is 5.52. The number of halogens is 1. The Labute approximate surface area is 117 Å². The molecule has 0 spiro atoms. The van der Waals surface area contributed by atoms with E-state index in [0.717, 1.165) is 8.66 Å². The molecule has 2 aromatic rings. The monoisotopic (exact) mass is 331 g/mol. The summed E-state index contributed by atoms with van der Waals surface area (Å²) in [4.78, 5) is 5.19. The quantitative estimate of drug-likeness (QED) is 0.911. The van der Waals surface area contributed by atoms with Gasteiger partial charge in [-0.15, -0.1) is 11.3 Å². The Bertz CT molecular complexity index is 512. The molecule has 2 rings (SSSR count). The van der Waals surface area contributed by atoms with Gasteiger partial charge in [0.05, 0.1) is 27.4 Å². The lowest BCUT2D eigenvalue weighted by Crippen LogP contribution is -2.20. The van der Waals surface area contributed by atoms with Crippen molar-refractivity contribution in [2.24, 2.45) is 5.73 Å². The summed E-state index contributed by atoms with van der Waals surface area (Å²) in [7, 11) is 0. The van der Waals surface area contributed by atoms with Gasteiger partial charge >= 0.3 is 0 Å². The van der Waals surface area contributed by atoms with Crippen LogP contribution in [0.2, 0.25) is 0 Å². The van der Waals surface area contributed by atoms with Gasteiger partial charge in [0.15, 0.2) is 5.82 Å². The molecule has 0 aliphatic heterocycles. The van der Waals surface area contributed by atoms with Gasteiger partial charge in [-0.25, -0.2) is 0 Å². The molecule has 18 heavy (non-hydrogen) atoms. The molecule has 0 radical (unpaired) electrons. The molecule has 2 heterocycles. The van der Waals surface area contributed by atoms with Crippen LogP contribution in [0.5, 0.6) is 0 Å². The molecule has 0 bridgehead atoms. The summed E-state index contributed by atoms with van der Waals surface area (Å²) in [5.41, 5.74) is 5.92. The second-order valence-electron chi connectivity index (χ2n) is 4.05. The van der Waals surface area contributed by atoms with Crippen LogP contribution in [0.25, 0.3) is 10.8 Å². The third kappa shape index (κ3) is 3.38. The number of thiophene rings is 1. The highest BCUT2D eigenvalue weighted by molar-refractivity contribution is 9.11. The summed E-state index contributed by atoms with van der Waals surface area (Å²) in [6.07, 6.45) is 0.135. The van der Waals surface area contributed by atoms with Crippen molar-refractivity contribution in [3.05, 3.63) is 21.7 Å². The maximum atomic E-state index is 5.92. The molecular formula is C11H14BrN3O2S. The smallest absolute Gasteiger partial charge is 0.268 e. The molecule has 98 valence electrons. The Kier molecular flexibility index (Phi) is 4.50. The first-order chi connectivity index (χ1) is 8.56. The lowest BCUT2D eigenvalue weighted by Gasteiger charge is -2.10. The summed E-state index contributed by atoms with van der Waals surface area (Å²) >= 11 is 4.92. The van der Waals surface area contributed by atoms with E-state index in [1.54, 1.807) is 0 Å². The maximum absolute atomic E-state index is 5.92. The van der Waals surface area contributed by atoms with Crippen LogP contribution in [-0.2, 0) is 4.74 Å². The van der Waals surface area contributed by atoms with Gasteiger partial charge in [0.1, 0.15) is 0 Å². The van der Waals surface area contributed by atoms with Gasteiger partial charge in [0.2, 0.25) is 0 Å². The Hall–Kier alpha value is -0.760. The molecule has 7 heteroatoms. The summed E-state index contributed by atoms with van der Waals surface area (Å²) in [6.45, 7) is 4.29. The number of rotatable bonds is 5. The molecule has 5 nitrogen and oxygen atoms in total. The number of ether oxygens (including phenoxy) is 1. The minimum Gasteiger partial charge on any atom is -0.377 e. The molecule has 0 aliphatic carbocycles. The van der Waals surface area contributed by atoms with Crippen LogP contribution in [-0.4, -0.2) is 22.9 Å². The first-order valence-corrected chi connectivity index (χ1v) is 7.13. The van der Waals surface area contributed by atoms with Gasteiger partial charge < -0.3 is 15.0 Å². The number of hydrogen-bond donors (Lipinski definition) is 1. The highest BCUT2D eigenvalue weighted by Gasteiger charge is 2.16.